The Bertz CT molecular complexity index is 723. The van der Waals surface area contributed by atoms with Crippen molar-refractivity contribution in [2.24, 2.45) is 0 Å². The van der Waals surface area contributed by atoms with Gasteiger partial charge in [0.2, 0.25) is 10.1 Å². The van der Waals surface area contributed by atoms with Gasteiger partial charge in [-0.2, -0.15) is 22.0 Å². The molecule has 136 valence electrons. The van der Waals surface area contributed by atoms with Crippen molar-refractivity contribution >= 4 is 22.2 Å². The van der Waals surface area contributed by atoms with Crippen molar-refractivity contribution in [3.8, 4) is 5.75 Å². The van der Waals surface area contributed by atoms with Crippen molar-refractivity contribution < 1.29 is 26.7 Å². The molecule has 1 fully saturated rings. The molecule has 5 nitrogen and oxygen atoms in total. The lowest BCUT2D eigenvalue weighted by atomic mass is 10.2. The van der Waals surface area contributed by atoms with Crippen LogP contribution in [0.15, 0.2) is 24.3 Å². The molecule has 2 heterocycles. The van der Waals surface area contributed by atoms with E-state index in [0.29, 0.717) is 36.5 Å². The van der Waals surface area contributed by atoms with E-state index in [9.17, 15) is 22.0 Å². The Kier molecular flexibility index (Phi) is 4.93. The molecule has 0 bridgehead atoms. The number of nitrogens with zero attached hydrogens (tertiary/aromatic N) is 3. The molecule has 1 aliphatic rings. The number of rotatable bonds is 5. The molecule has 0 spiro atoms. The van der Waals surface area contributed by atoms with Crippen LogP contribution in [0.3, 0.4) is 0 Å². The molecule has 1 unspecified atom stereocenters. The maximum Gasteiger partial charge on any atom is 0.445 e. The van der Waals surface area contributed by atoms with Crippen LogP contribution in [0.1, 0.15) is 11.4 Å². The number of para-hydroxylation sites is 2. The number of aromatic nitrogens is 2. The Morgan fingerprint density at radius 2 is 2.00 bits per heavy atom. The largest absolute Gasteiger partial charge is 0.445 e. The lowest BCUT2D eigenvalue weighted by Gasteiger charge is -2.21. The fourth-order valence-electron chi connectivity index (χ4n) is 2.58. The number of halogens is 5. The molecule has 0 aliphatic carbocycles. The van der Waals surface area contributed by atoms with Gasteiger partial charge in [-0.05, 0) is 18.6 Å². The third-order valence-corrected chi connectivity index (χ3v) is 4.50. The van der Waals surface area contributed by atoms with E-state index in [4.69, 9.17) is 0 Å². The van der Waals surface area contributed by atoms with Crippen molar-refractivity contribution in [2.45, 2.75) is 25.3 Å². The van der Waals surface area contributed by atoms with Gasteiger partial charge >= 0.3 is 12.8 Å². The highest BCUT2D eigenvalue weighted by Gasteiger charge is 2.36. The number of alkyl halides is 5. The predicted molar refractivity (Wildman–Crippen MR) is 82.2 cm³/mol. The highest BCUT2D eigenvalue weighted by Crippen LogP contribution is 2.35. The van der Waals surface area contributed by atoms with Crippen molar-refractivity contribution in [3.63, 3.8) is 0 Å². The minimum atomic E-state index is -4.52. The SMILES string of the molecule is FC(F)Oc1ccccc1N1CCC(Nc2nnc(C(F)(F)F)s2)C1. The maximum atomic E-state index is 12.5. The van der Waals surface area contributed by atoms with E-state index in [1.54, 1.807) is 18.2 Å². The number of benzene rings is 1. The summed E-state index contributed by atoms with van der Waals surface area (Å²) in [6, 6.07) is 6.23. The van der Waals surface area contributed by atoms with Crippen LogP contribution >= 0.6 is 11.3 Å². The number of hydrogen-bond donors (Lipinski definition) is 1. The Morgan fingerprint density at radius 3 is 2.68 bits per heavy atom. The van der Waals surface area contributed by atoms with Crippen LogP contribution in [0.5, 0.6) is 5.75 Å². The molecule has 1 aromatic heterocycles. The molecule has 11 heteroatoms. The predicted octanol–water partition coefficient (Wildman–Crippen LogP) is 3.85. The van der Waals surface area contributed by atoms with Gasteiger partial charge in [-0.3, -0.25) is 0 Å². The Labute approximate surface area is 143 Å². The lowest BCUT2D eigenvalue weighted by molar-refractivity contribution is -0.138. The number of hydrogen-bond acceptors (Lipinski definition) is 6. The maximum absolute atomic E-state index is 12.5. The molecule has 3 rings (SSSR count). The van der Waals surface area contributed by atoms with Crippen molar-refractivity contribution in [1.82, 2.24) is 10.2 Å². The zero-order chi connectivity index (χ0) is 18.0. The van der Waals surface area contributed by atoms with E-state index in [-0.39, 0.29) is 16.9 Å². The van der Waals surface area contributed by atoms with Crippen LogP contribution in [-0.2, 0) is 6.18 Å². The summed E-state index contributed by atoms with van der Waals surface area (Å²) in [4.78, 5) is 1.83. The van der Waals surface area contributed by atoms with E-state index in [2.05, 4.69) is 20.3 Å². The zero-order valence-corrected chi connectivity index (χ0v) is 13.4. The van der Waals surface area contributed by atoms with Gasteiger partial charge in [0.1, 0.15) is 5.75 Å². The smallest absolute Gasteiger partial charge is 0.433 e. The second-order valence-corrected chi connectivity index (χ2v) is 6.31. The van der Waals surface area contributed by atoms with E-state index in [0.717, 1.165) is 0 Å². The van der Waals surface area contributed by atoms with E-state index in [1.807, 2.05) is 4.90 Å². The molecule has 1 atom stereocenters. The number of ether oxygens (including phenoxy) is 1. The molecule has 1 N–H and O–H groups in total. The third kappa shape index (κ3) is 4.27. The number of nitrogens with one attached hydrogen (secondary N) is 1. The molecule has 1 aromatic carbocycles. The first-order valence-electron chi connectivity index (χ1n) is 7.29. The van der Waals surface area contributed by atoms with Crippen LogP contribution in [0, 0.1) is 0 Å². The zero-order valence-electron chi connectivity index (χ0n) is 12.6. The van der Waals surface area contributed by atoms with Gasteiger partial charge in [0.05, 0.1) is 5.69 Å². The highest BCUT2D eigenvalue weighted by atomic mass is 32.1. The van der Waals surface area contributed by atoms with Crippen LogP contribution in [-0.4, -0.2) is 35.9 Å². The molecular formula is C14H13F5N4OS. The average molecular weight is 380 g/mol. The second kappa shape index (κ2) is 6.98. The first kappa shape index (κ1) is 17.6. The molecule has 1 saturated heterocycles. The second-order valence-electron chi connectivity index (χ2n) is 5.33. The molecule has 0 saturated carbocycles. The molecule has 25 heavy (non-hydrogen) atoms. The monoisotopic (exact) mass is 380 g/mol. The van der Waals surface area contributed by atoms with Crippen LogP contribution in [0.2, 0.25) is 0 Å². The first-order chi connectivity index (χ1) is 11.8. The summed E-state index contributed by atoms with van der Waals surface area (Å²) < 4.78 is 67.1. The molecule has 0 radical (unpaired) electrons. The summed E-state index contributed by atoms with van der Waals surface area (Å²) in [6.45, 7) is -1.96. The summed E-state index contributed by atoms with van der Waals surface area (Å²) in [7, 11) is 0. The van der Waals surface area contributed by atoms with Crippen LogP contribution in [0.25, 0.3) is 0 Å². The van der Waals surface area contributed by atoms with Gasteiger partial charge in [0.15, 0.2) is 0 Å². The molecular weight excluding hydrogens is 367 g/mol. The van der Waals surface area contributed by atoms with Gasteiger partial charge in [-0.15, -0.1) is 10.2 Å². The number of anilines is 2. The van der Waals surface area contributed by atoms with Crippen LogP contribution in [0.4, 0.5) is 32.8 Å². The third-order valence-electron chi connectivity index (χ3n) is 3.61. The Hall–Kier alpha value is -2.17. The minimum absolute atomic E-state index is 0.0634. The summed E-state index contributed by atoms with van der Waals surface area (Å²) in [5, 5.41) is 8.59. The fourth-order valence-corrected chi connectivity index (χ4v) is 3.27. The van der Waals surface area contributed by atoms with E-state index >= 15 is 0 Å². The van der Waals surface area contributed by atoms with Crippen molar-refractivity contribution in [1.29, 1.82) is 0 Å². The molecule has 1 aliphatic heterocycles. The van der Waals surface area contributed by atoms with E-state index < -0.39 is 17.8 Å². The lowest BCUT2D eigenvalue weighted by Crippen LogP contribution is -2.26. The van der Waals surface area contributed by atoms with Crippen molar-refractivity contribution in [2.75, 3.05) is 23.3 Å². The molecule has 0 amide bonds. The topological polar surface area (TPSA) is 50.3 Å². The van der Waals surface area contributed by atoms with Gasteiger partial charge in [0, 0.05) is 19.1 Å². The summed E-state index contributed by atoms with van der Waals surface area (Å²) >= 11 is 0.435. The first-order valence-corrected chi connectivity index (χ1v) is 8.10. The minimum Gasteiger partial charge on any atom is -0.433 e. The van der Waals surface area contributed by atoms with Gasteiger partial charge in [0.25, 0.3) is 0 Å². The Balaban J connectivity index is 1.65. The van der Waals surface area contributed by atoms with Crippen LogP contribution < -0.4 is 15.0 Å². The van der Waals surface area contributed by atoms with Gasteiger partial charge in [-0.25, -0.2) is 0 Å². The summed E-state index contributed by atoms with van der Waals surface area (Å²) in [5.41, 5.74) is 0.514. The normalized spacial score (nSPS) is 18.0. The Morgan fingerprint density at radius 1 is 1.24 bits per heavy atom. The highest BCUT2D eigenvalue weighted by molar-refractivity contribution is 7.15. The van der Waals surface area contributed by atoms with Gasteiger partial charge < -0.3 is 15.0 Å². The fraction of sp³-hybridized carbons (Fsp3) is 0.429. The molecule has 2 aromatic rings. The average Bonchev–Trinajstić information content (AvgIpc) is 3.17. The van der Waals surface area contributed by atoms with Gasteiger partial charge in [-0.1, -0.05) is 23.5 Å². The summed E-state index contributed by atoms with van der Waals surface area (Å²) in [5.74, 6) is 0.0634. The van der Waals surface area contributed by atoms with Crippen molar-refractivity contribution in [3.05, 3.63) is 29.3 Å². The van der Waals surface area contributed by atoms with E-state index in [1.165, 1.54) is 6.07 Å². The quantitative estimate of drug-likeness (QED) is 0.799. The standard InChI is InChI=1S/C14H13F5N4OS/c15-12(16)24-10-4-2-1-3-9(10)23-6-5-8(7-23)20-13-22-21-11(25-13)14(17,18)19/h1-4,8,12H,5-7H2,(H,20,22). The summed E-state index contributed by atoms with van der Waals surface area (Å²) in [6.07, 6.45) is -3.91.